The van der Waals surface area contributed by atoms with Gasteiger partial charge in [-0.1, -0.05) is 12.1 Å². The van der Waals surface area contributed by atoms with Gasteiger partial charge in [0, 0.05) is 6.07 Å². The van der Waals surface area contributed by atoms with E-state index in [9.17, 15) is 23.3 Å². The topological polar surface area (TPSA) is 149 Å². The molecule has 0 aliphatic rings. The number of carbonyl (C=O) groups is 1. The van der Waals surface area contributed by atoms with Crippen molar-refractivity contribution in [3.05, 3.63) is 34.4 Å². The van der Waals surface area contributed by atoms with Gasteiger partial charge in [-0.15, -0.1) is 0 Å². The summed E-state index contributed by atoms with van der Waals surface area (Å²) in [6.07, 6.45) is 0. The van der Waals surface area contributed by atoms with Crippen LogP contribution >= 0.6 is 0 Å². The molecule has 10 nitrogen and oxygen atoms in total. The Bertz CT molecular complexity index is 764. The number of nitriles is 1. The molecule has 116 valence electrons. The Morgan fingerprint density at radius 1 is 1.45 bits per heavy atom. The number of esters is 1. The number of ether oxygens (including phenoxy) is 1. The van der Waals surface area contributed by atoms with E-state index in [1.165, 1.54) is 25.1 Å². The third kappa shape index (κ3) is 4.00. The van der Waals surface area contributed by atoms with Crippen molar-refractivity contribution in [1.29, 1.82) is 5.26 Å². The number of oxime groups is 1. The van der Waals surface area contributed by atoms with Crippen LogP contribution in [0.4, 0.5) is 5.69 Å². The standard InChI is InChI=1S/C11H9N3O7S/c1-2-20-11(15)8(7-12)13-21-22(18,19)10-6-4-3-5-9(10)14(16)17/h3-6H,2H2,1H3. The van der Waals surface area contributed by atoms with Crippen LogP contribution in [0.15, 0.2) is 34.3 Å². The quantitative estimate of drug-likeness (QED) is 0.321. The average Bonchev–Trinajstić information content (AvgIpc) is 2.48. The van der Waals surface area contributed by atoms with Crippen LogP contribution < -0.4 is 0 Å². The molecule has 0 unspecified atom stereocenters. The van der Waals surface area contributed by atoms with Gasteiger partial charge < -0.3 is 4.74 Å². The first-order valence-corrected chi connectivity index (χ1v) is 7.06. The minimum atomic E-state index is -4.68. The average molecular weight is 327 g/mol. The van der Waals surface area contributed by atoms with Gasteiger partial charge in [-0.25, -0.2) is 4.79 Å². The highest BCUT2D eigenvalue weighted by atomic mass is 32.2. The Labute approximate surface area is 124 Å². The molecule has 0 atom stereocenters. The first kappa shape index (κ1) is 17.1. The molecule has 0 N–H and O–H groups in total. The largest absolute Gasteiger partial charge is 0.461 e. The minimum absolute atomic E-state index is 0.0591. The summed E-state index contributed by atoms with van der Waals surface area (Å²) in [7, 11) is -4.68. The summed E-state index contributed by atoms with van der Waals surface area (Å²) in [4.78, 5) is 20.3. The van der Waals surface area contributed by atoms with Gasteiger partial charge in [0.25, 0.3) is 11.4 Å². The molecular formula is C11H9N3O7S. The second kappa shape index (κ2) is 7.14. The van der Waals surface area contributed by atoms with E-state index in [4.69, 9.17) is 5.26 Å². The van der Waals surface area contributed by atoms with Crippen molar-refractivity contribution in [1.82, 2.24) is 0 Å². The van der Waals surface area contributed by atoms with E-state index < -0.39 is 37.3 Å². The Morgan fingerprint density at radius 3 is 2.64 bits per heavy atom. The molecule has 0 aliphatic heterocycles. The van der Waals surface area contributed by atoms with Gasteiger partial charge in [-0.2, -0.15) is 13.7 Å². The van der Waals surface area contributed by atoms with E-state index in [-0.39, 0.29) is 6.61 Å². The van der Waals surface area contributed by atoms with Gasteiger partial charge in [-0.3, -0.25) is 14.4 Å². The number of para-hydroxylation sites is 1. The maximum Gasteiger partial charge on any atom is 0.371 e. The van der Waals surface area contributed by atoms with Gasteiger partial charge in [0.15, 0.2) is 4.90 Å². The van der Waals surface area contributed by atoms with Crippen LogP contribution in [0.3, 0.4) is 0 Å². The Morgan fingerprint density at radius 2 is 2.09 bits per heavy atom. The fourth-order valence-electron chi connectivity index (χ4n) is 1.25. The molecule has 1 aromatic rings. The van der Waals surface area contributed by atoms with Gasteiger partial charge in [0.1, 0.15) is 6.07 Å². The van der Waals surface area contributed by atoms with Crippen LogP contribution in [-0.4, -0.2) is 31.6 Å². The second-order valence-electron chi connectivity index (χ2n) is 3.53. The summed E-state index contributed by atoms with van der Waals surface area (Å²) in [5.74, 6) is -1.18. The molecule has 1 rings (SSSR count). The summed E-state index contributed by atoms with van der Waals surface area (Å²) >= 11 is 0. The molecule has 0 fully saturated rings. The van der Waals surface area contributed by atoms with E-state index in [0.717, 1.165) is 12.1 Å². The summed E-state index contributed by atoms with van der Waals surface area (Å²) < 4.78 is 32.3. The molecule has 0 saturated carbocycles. The number of nitro benzene ring substituents is 1. The fourth-order valence-corrected chi connectivity index (χ4v) is 2.15. The molecule has 0 spiro atoms. The van der Waals surface area contributed by atoms with Crippen molar-refractivity contribution < 1.29 is 27.2 Å². The van der Waals surface area contributed by atoms with Crippen molar-refractivity contribution in [2.24, 2.45) is 5.16 Å². The molecule has 11 heteroatoms. The maximum atomic E-state index is 11.9. The second-order valence-corrected chi connectivity index (χ2v) is 5.02. The number of benzene rings is 1. The van der Waals surface area contributed by atoms with E-state index in [1.54, 1.807) is 0 Å². The normalized spacial score (nSPS) is 11.4. The Kier molecular flexibility index (Phi) is 5.53. The van der Waals surface area contributed by atoms with E-state index >= 15 is 0 Å². The van der Waals surface area contributed by atoms with Crippen molar-refractivity contribution in [2.45, 2.75) is 11.8 Å². The van der Waals surface area contributed by atoms with Gasteiger partial charge in [-0.05, 0) is 18.1 Å². The first-order valence-electron chi connectivity index (χ1n) is 5.65. The lowest BCUT2D eigenvalue weighted by Gasteiger charge is -2.03. The zero-order valence-corrected chi connectivity index (χ0v) is 11.9. The van der Waals surface area contributed by atoms with Crippen molar-refractivity contribution in [3.8, 4) is 6.07 Å². The predicted molar refractivity (Wildman–Crippen MR) is 71.0 cm³/mol. The lowest BCUT2D eigenvalue weighted by molar-refractivity contribution is -0.387. The van der Waals surface area contributed by atoms with Gasteiger partial charge in [0.05, 0.1) is 11.5 Å². The predicted octanol–water partition coefficient (Wildman–Crippen LogP) is 0.743. The summed E-state index contributed by atoms with van der Waals surface area (Å²) in [6.45, 7) is 1.41. The van der Waals surface area contributed by atoms with Crippen LogP contribution in [0.5, 0.6) is 0 Å². The van der Waals surface area contributed by atoms with Crippen LogP contribution in [-0.2, 0) is 23.9 Å². The third-order valence-corrected chi connectivity index (χ3v) is 3.29. The van der Waals surface area contributed by atoms with E-state index in [1.807, 2.05) is 0 Å². The minimum Gasteiger partial charge on any atom is -0.461 e. The molecule has 0 bridgehead atoms. The number of hydrogen-bond acceptors (Lipinski definition) is 9. The molecule has 0 heterocycles. The van der Waals surface area contributed by atoms with Crippen LogP contribution in [0, 0.1) is 21.4 Å². The lowest BCUT2D eigenvalue weighted by atomic mass is 10.3. The molecule has 0 radical (unpaired) electrons. The zero-order chi connectivity index (χ0) is 16.8. The molecule has 0 aliphatic carbocycles. The summed E-state index contributed by atoms with van der Waals surface area (Å²) in [5, 5.41) is 22.3. The number of nitro groups is 1. The molecule has 0 amide bonds. The molecule has 0 aromatic heterocycles. The number of hydrogen-bond donors (Lipinski definition) is 0. The molecule has 0 saturated heterocycles. The highest BCUT2D eigenvalue weighted by Gasteiger charge is 2.27. The van der Waals surface area contributed by atoms with Crippen LogP contribution in [0.1, 0.15) is 6.92 Å². The smallest absolute Gasteiger partial charge is 0.371 e. The van der Waals surface area contributed by atoms with Crippen molar-refractivity contribution in [3.63, 3.8) is 0 Å². The number of rotatable bonds is 6. The fraction of sp³-hybridized carbons (Fsp3) is 0.182. The lowest BCUT2D eigenvalue weighted by Crippen LogP contribution is -2.17. The summed E-state index contributed by atoms with van der Waals surface area (Å²) in [5.41, 5.74) is -1.67. The summed E-state index contributed by atoms with van der Waals surface area (Å²) in [6, 6.07) is 5.69. The monoisotopic (exact) mass is 327 g/mol. The Balaban J connectivity index is 3.15. The van der Waals surface area contributed by atoms with Crippen LogP contribution in [0.25, 0.3) is 0 Å². The van der Waals surface area contributed by atoms with Gasteiger partial charge in [0.2, 0.25) is 0 Å². The highest BCUT2D eigenvalue weighted by molar-refractivity contribution is 7.86. The van der Waals surface area contributed by atoms with E-state index in [0.29, 0.717) is 0 Å². The molecule has 1 aromatic carbocycles. The number of carbonyl (C=O) groups excluding carboxylic acids is 1. The van der Waals surface area contributed by atoms with Crippen LogP contribution in [0.2, 0.25) is 0 Å². The maximum absolute atomic E-state index is 11.9. The Hall–Kier alpha value is -3.00. The van der Waals surface area contributed by atoms with Gasteiger partial charge >= 0.3 is 16.1 Å². The third-order valence-electron chi connectivity index (χ3n) is 2.13. The van der Waals surface area contributed by atoms with Crippen molar-refractivity contribution >= 4 is 27.5 Å². The van der Waals surface area contributed by atoms with Crippen molar-refractivity contribution in [2.75, 3.05) is 6.61 Å². The highest BCUT2D eigenvalue weighted by Crippen LogP contribution is 2.24. The molecule has 22 heavy (non-hydrogen) atoms. The SMILES string of the molecule is CCOC(=O)C(C#N)=NOS(=O)(=O)c1ccccc1[N+](=O)[O-]. The van der Waals surface area contributed by atoms with E-state index in [2.05, 4.69) is 14.2 Å². The number of nitrogens with zero attached hydrogens (tertiary/aromatic N) is 3. The zero-order valence-electron chi connectivity index (χ0n) is 11.1. The molecular weight excluding hydrogens is 318 g/mol. The first-order chi connectivity index (χ1) is 10.3.